The van der Waals surface area contributed by atoms with E-state index < -0.39 is 12.6 Å². The normalized spacial score (nSPS) is 13.9. The summed E-state index contributed by atoms with van der Waals surface area (Å²) in [5.74, 6) is 0.334. The summed E-state index contributed by atoms with van der Waals surface area (Å²) >= 11 is 5.64. The average Bonchev–Trinajstić information content (AvgIpc) is 2.64. The molecule has 0 unspecified atom stereocenters. The van der Waals surface area contributed by atoms with E-state index in [1.807, 2.05) is 13.8 Å². The number of hydrogen-bond acceptors (Lipinski definition) is 3. The number of alkyl halides is 3. The zero-order valence-corrected chi connectivity index (χ0v) is 18.1. The maximum atomic E-state index is 13.2. The summed E-state index contributed by atoms with van der Waals surface area (Å²) in [5, 5.41) is 6.25. The molecule has 0 aliphatic carbocycles. The van der Waals surface area contributed by atoms with Crippen molar-refractivity contribution in [3.63, 3.8) is 0 Å². The molecule has 0 atom stereocenters. The molecule has 4 nitrogen and oxygen atoms in total. The first-order valence-electron chi connectivity index (χ1n) is 9.41. The number of aliphatic imine (C=N–C) groups is 1. The fourth-order valence-corrected chi connectivity index (χ4v) is 2.36. The van der Waals surface area contributed by atoms with Crippen molar-refractivity contribution < 1.29 is 17.9 Å². The Balaban J connectivity index is 6.10. The second kappa shape index (κ2) is 14.8. The van der Waals surface area contributed by atoms with E-state index in [2.05, 4.69) is 28.8 Å². The number of allylic oxidation sites excluding steroid dienone is 4. The summed E-state index contributed by atoms with van der Waals surface area (Å²) in [6.07, 6.45) is 2.74. The molecule has 0 saturated heterocycles. The van der Waals surface area contributed by atoms with Crippen LogP contribution in [0.4, 0.5) is 13.2 Å². The van der Waals surface area contributed by atoms with E-state index in [-0.39, 0.29) is 23.1 Å². The van der Waals surface area contributed by atoms with E-state index in [0.29, 0.717) is 18.8 Å². The summed E-state index contributed by atoms with van der Waals surface area (Å²) in [4.78, 5) is 4.14. The van der Waals surface area contributed by atoms with Crippen LogP contribution in [0.2, 0.25) is 0 Å². The minimum absolute atomic E-state index is 0.0644. The van der Waals surface area contributed by atoms with Gasteiger partial charge in [-0.1, -0.05) is 45.0 Å². The van der Waals surface area contributed by atoms with Gasteiger partial charge in [0.15, 0.2) is 0 Å². The van der Waals surface area contributed by atoms with Crippen molar-refractivity contribution >= 4 is 17.4 Å². The summed E-state index contributed by atoms with van der Waals surface area (Å²) in [6, 6.07) is 0. The van der Waals surface area contributed by atoms with Gasteiger partial charge < -0.3 is 15.4 Å². The van der Waals surface area contributed by atoms with Gasteiger partial charge >= 0.3 is 6.18 Å². The predicted octanol–water partition coefficient (Wildman–Crippen LogP) is 5.96. The molecule has 29 heavy (non-hydrogen) atoms. The molecule has 0 aromatic carbocycles. The lowest BCUT2D eigenvalue weighted by Crippen LogP contribution is -2.23. The molecule has 0 aliphatic rings. The summed E-state index contributed by atoms with van der Waals surface area (Å²) in [6.45, 7) is 11.5. The second-order valence-corrected chi connectivity index (χ2v) is 6.50. The molecule has 0 saturated carbocycles. The van der Waals surface area contributed by atoms with Crippen LogP contribution in [0.1, 0.15) is 39.5 Å². The SMILES string of the molecule is C=CNC(=NC)/C(=C/C(NCCCC)=C(\CC(F)(F)F)OC/C=C\C(=C)Cl)CC. The van der Waals surface area contributed by atoms with E-state index in [1.165, 1.54) is 18.4 Å². The van der Waals surface area contributed by atoms with Crippen molar-refractivity contribution in [2.75, 3.05) is 20.2 Å². The average molecular weight is 434 g/mol. The number of ether oxygens (including phenoxy) is 1. The Bertz CT molecular complexity index is 650. The fraction of sp³-hybridized carbons (Fsp3) is 0.476. The zero-order chi connectivity index (χ0) is 22.3. The molecule has 0 fully saturated rings. The van der Waals surface area contributed by atoms with Crippen LogP contribution >= 0.6 is 11.6 Å². The van der Waals surface area contributed by atoms with Crippen LogP contribution in [-0.4, -0.2) is 32.2 Å². The van der Waals surface area contributed by atoms with Crippen molar-refractivity contribution in [1.82, 2.24) is 10.6 Å². The summed E-state index contributed by atoms with van der Waals surface area (Å²) in [5.41, 5.74) is 0.997. The van der Waals surface area contributed by atoms with Crippen molar-refractivity contribution in [2.24, 2.45) is 4.99 Å². The van der Waals surface area contributed by atoms with Gasteiger partial charge in [-0.25, -0.2) is 0 Å². The van der Waals surface area contributed by atoms with Crippen LogP contribution in [0.3, 0.4) is 0 Å². The van der Waals surface area contributed by atoms with Crippen LogP contribution in [0.25, 0.3) is 0 Å². The van der Waals surface area contributed by atoms with Crippen molar-refractivity contribution in [3.8, 4) is 0 Å². The van der Waals surface area contributed by atoms with Gasteiger partial charge in [0.1, 0.15) is 24.6 Å². The third kappa shape index (κ3) is 12.8. The monoisotopic (exact) mass is 433 g/mol. The van der Waals surface area contributed by atoms with E-state index >= 15 is 0 Å². The van der Waals surface area contributed by atoms with Gasteiger partial charge in [0.05, 0.1) is 5.70 Å². The van der Waals surface area contributed by atoms with Crippen molar-refractivity contribution in [2.45, 2.75) is 45.7 Å². The molecule has 8 heteroatoms. The maximum absolute atomic E-state index is 13.2. The number of unbranched alkanes of at least 4 members (excludes halogenated alkanes) is 1. The first-order valence-corrected chi connectivity index (χ1v) is 9.78. The van der Waals surface area contributed by atoms with Gasteiger partial charge in [-0.05, 0) is 42.8 Å². The number of halogens is 4. The van der Waals surface area contributed by atoms with Gasteiger partial charge in [-0.3, -0.25) is 4.99 Å². The molecule has 0 aliphatic heterocycles. The topological polar surface area (TPSA) is 45.7 Å². The highest BCUT2D eigenvalue weighted by molar-refractivity contribution is 6.30. The molecule has 0 rings (SSSR count). The molecule has 0 amide bonds. The van der Waals surface area contributed by atoms with Crippen molar-refractivity contribution in [1.29, 1.82) is 0 Å². The van der Waals surface area contributed by atoms with Gasteiger partial charge in [0.2, 0.25) is 0 Å². The Morgan fingerprint density at radius 1 is 1.28 bits per heavy atom. The lowest BCUT2D eigenvalue weighted by molar-refractivity contribution is -0.134. The first-order chi connectivity index (χ1) is 13.7. The molecule has 0 spiro atoms. The van der Waals surface area contributed by atoms with Crippen molar-refractivity contribution in [3.05, 3.63) is 59.6 Å². The zero-order valence-electron chi connectivity index (χ0n) is 17.3. The number of nitrogens with zero attached hydrogens (tertiary/aromatic N) is 1. The van der Waals surface area contributed by atoms with Gasteiger partial charge in [-0.2, -0.15) is 13.2 Å². The lowest BCUT2D eigenvalue weighted by atomic mass is 10.1. The standard InChI is InChI=1S/C21H31ClF3N3O/c1-6-9-12-28-18(14-17(7-2)20(26-5)27-8-3)19(15-21(23,24)25)29-13-10-11-16(4)22/h8,10-11,14,28H,3-4,6-7,9,12-13,15H2,1-2,5H3,(H,26,27)/b11-10-,17-14+,19-18-. The summed E-state index contributed by atoms with van der Waals surface area (Å²) < 4.78 is 45.0. The minimum atomic E-state index is -4.42. The van der Waals surface area contributed by atoms with Crippen LogP contribution in [0, 0.1) is 0 Å². The van der Waals surface area contributed by atoms with E-state index in [1.54, 1.807) is 13.1 Å². The Hall–Kier alpha value is -2.15. The van der Waals surface area contributed by atoms with E-state index in [0.717, 1.165) is 18.4 Å². The van der Waals surface area contributed by atoms with E-state index in [4.69, 9.17) is 16.3 Å². The Labute approximate surface area is 176 Å². The third-order valence-corrected chi connectivity index (χ3v) is 3.75. The maximum Gasteiger partial charge on any atom is 0.396 e. The molecule has 0 heterocycles. The molecule has 0 aromatic rings. The Morgan fingerprint density at radius 2 is 1.97 bits per heavy atom. The molecule has 0 radical (unpaired) electrons. The highest BCUT2D eigenvalue weighted by Crippen LogP contribution is 2.27. The molecular weight excluding hydrogens is 403 g/mol. The highest BCUT2D eigenvalue weighted by Gasteiger charge is 2.31. The molecule has 0 bridgehead atoms. The smallest absolute Gasteiger partial charge is 0.396 e. The molecular formula is C21H31ClF3N3O. The van der Waals surface area contributed by atoms with Crippen LogP contribution in [0.5, 0.6) is 0 Å². The highest BCUT2D eigenvalue weighted by atomic mass is 35.5. The Kier molecular flexibility index (Phi) is 13.7. The third-order valence-electron chi connectivity index (χ3n) is 3.63. The van der Waals surface area contributed by atoms with Crippen LogP contribution < -0.4 is 10.6 Å². The van der Waals surface area contributed by atoms with Crippen LogP contribution in [0.15, 0.2) is 64.6 Å². The van der Waals surface area contributed by atoms with Gasteiger partial charge in [-0.15, -0.1) is 0 Å². The first kappa shape index (κ1) is 26.9. The second-order valence-electron chi connectivity index (χ2n) is 6.01. The molecule has 0 aromatic heterocycles. The summed E-state index contributed by atoms with van der Waals surface area (Å²) in [7, 11) is 1.60. The number of nitrogens with one attached hydrogen (secondary N) is 2. The quantitative estimate of drug-likeness (QED) is 0.124. The predicted molar refractivity (Wildman–Crippen MR) is 116 cm³/mol. The molecule has 164 valence electrons. The lowest BCUT2D eigenvalue weighted by Gasteiger charge is -2.18. The number of rotatable bonds is 13. The van der Waals surface area contributed by atoms with Gasteiger partial charge in [0.25, 0.3) is 0 Å². The van der Waals surface area contributed by atoms with E-state index in [9.17, 15) is 13.2 Å². The minimum Gasteiger partial charge on any atom is -0.491 e. The fourth-order valence-electron chi connectivity index (χ4n) is 2.27. The number of amidine groups is 1. The largest absolute Gasteiger partial charge is 0.491 e. The Morgan fingerprint density at radius 3 is 2.45 bits per heavy atom. The number of hydrogen-bond donors (Lipinski definition) is 2. The van der Waals surface area contributed by atoms with Gasteiger partial charge in [0, 0.05) is 18.6 Å². The molecule has 2 N–H and O–H groups in total. The van der Waals surface area contributed by atoms with Crippen LogP contribution in [-0.2, 0) is 4.74 Å².